The quantitative estimate of drug-likeness (QED) is 0.796. The highest BCUT2D eigenvalue weighted by atomic mass is 19.1. The molecule has 0 fully saturated rings. The second kappa shape index (κ2) is 9.03. The van der Waals surface area contributed by atoms with E-state index in [9.17, 15) is 18.4 Å². The Labute approximate surface area is 150 Å². The summed E-state index contributed by atoms with van der Waals surface area (Å²) in [6, 6.07) is 7.40. The van der Waals surface area contributed by atoms with Crippen LogP contribution in [0.2, 0.25) is 0 Å². The highest BCUT2D eigenvalue weighted by molar-refractivity contribution is 5.96. The summed E-state index contributed by atoms with van der Waals surface area (Å²) in [6.45, 7) is 3.69. The number of pyridine rings is 1. The minimum atomic E-state index is -0.756. The fraction of sp³-hybridized carbons (Fsp3) is 0.316. The molecule has 1 unspecified atom stereocenters. The number of benzene rings is 1. The highest BCUT2D eigenvalue weighted by Gasteiger charge is 2.20. The van der Waals surface area contributed by atoms with Crippen LogP contribution in [0.4, 0.5) is 14.6 Å². The Morgan fingerprint density at radius 2 is 1.85 bits per heavy atom. The van der Waals surface area contributed by atoms with E-state index in [0.717, 1.165) is 23.9 Å². The van der Waals surface area contributed by atoms with Crippen LogP contribution in [0.15, 0.2) is 36.4 Å². The molecule has 1 atom stereocenters. The van der Waals surface area contributed by atoms with Gasteiger partial charge in [-0.3, -0.25) is 9.59 Å². The normalized spacial score (nSPS) is 11.7. The van der Waals surface area contributed by atoms with Gasteiger partial charge < -0.3 is 10.6 Å². The molecule has 0 bridgehead atoms. The fourth-order valence-corrected chi connectivity index (χ4v) is 2.53. The lowest BCUT2D eigenvalue weighted by Gasteiger charge is -2.18. The minimum Gasteiger partial charge on any atom is -0.344 e. The number of aryl methyl sites for hydroxylation is 1. The molecule has 0 spiro atoms. The predicted octanol–water partition coefficient (Wildman–Crippen LogP) is 3.13. The number of hydrogen-bond acceptors (Lipinski definition) is 3. The van der Waals surface area contributed by atoms with Gasteiger partial charge >= 0.3 is 0 Å². The van der Waals surface area contributed by atoms with Crippen LogP contribution in [-0.4, -0.2) is 22.8 Å². The monoisotopic (exact) mass is 361 g/mol. The van der Waals surface area contributed by atoms with Crippen LogP contribution in [0.25, 0.3) is 0 Å². The summed E-state index contributed by atoms with van der Waals surface area (Å²) in [7, 11) is 0. The summed E-state index contributed by atoms with van der Waals surface area (Å²) in [5.74, 6) is -1.97. The topological polar surface area (TPSA) is 71.1 Å². The molecule has 7 heteroatoms. The molecule has 1 aromatic carbocycles. The molecule has 1 heterocycles. The van der Waals surface area contributed by atoms with Gasteiger partial charge in [-0.05, 0) is 43.2 Å². The molecule has 0 aliphatic rings. The van der Waals surface area contributed by atoms with Crippen molar-refractivity contribution in [2.75, 3.05) is 5.32 Å². The fourth-order valence-electron chi connectivity index (χ4n) is 2.53. The van der Waals surface area contributed by atoms with Crippen LogP contribution in [0, 0.1) is 18.6 Å². The molecule has 2 amide bonds. The van der Waals surface area contributed by atoms with Crippen LogP contribution in [0.5, 0.6) is 0 Å². The number of carbonyl (C=O) groups is 2. The van der Waals surface area contributed by atoms with Crippen molar-refractivity contribution in [3.05, 3.63) is 59.3 Å². The third-order valence-corrected chi connectivity index (χ3v) is 3.66. The van der Waals surface area contributed by atoms with E-state index in [4.69, 9.17) is 0 Å². The van der Waals surface area contributed by atoms with Gasteiger partial charge in [-0.2, -0.15) is 0 Å². The van der Waals surface area contributed by atoms with Crippen LogP contribution in [0.1, 0.15) is 31.0 Å². The largest absolute Gasteiger partial charge is 0.344 e. The molecule has 0 saturated carbocycles. The lowest BCUT2D eigenvalue weighted by atomic mass is 10.1. The molecular weight excluding hydrogens is 340 g/mol. The van der Waals surface area contributed by atoms with Crippen molar-refractivity contribution in [3.63, 3.8) is 0 Å². The maximum absolute atomic E-state index is 13.2. The van der Waals surface area contributed by atoms with Gasteiger partial charge in [0.2, 0.25) is 11.8 Å². The van der Waals surface area contributed by atoms with E-state index in [1.165, 1.54) is 0 Å². The summed E-state index contributed by atoms with van der Waals surface area (Å²) in [5, 5.41) is 5.29. The van der Waals surface area contributed by atoms with Gasteiger partial charge in [0.25, 0.3) is 0 Å². The Balaban J connectivity index is 2.01. The summed E-state index contributed by atoms with van der Waals surface area (Å²) in [6.07, 6.45) is 0.889. The van der Waals surface area contributed by atoms with E-state index < -0.39 is 23.6 Å². The van der Waals surface area contributed by atoms with Gasteiger partial charge in [-0.1, -0.05) is 19.4 Å². The summed E-state index contributed by atoms with van der Waals surface area (Å²) >= 11 is 0. The Morgan fingerprint density at radius 3 is 2.46 bits per heavy atom. The molecule has 0 radical (unpaired) electrons. The first kappa shape index (κ1) is 19.5. The van der Waals surface area contributed by atoms with Crippen molar-refractivity contribution in [2.24, 2.45) is 0 Å². The summed E-state index contributed by atoms with van der Waals surface area (Å²) < 4.78 is 26.4. The van der Waals surface area contributed by atoms with Gasteiger partial charge in [0.05, 0.1) is 6.42 Å². The zero-order valence-corrected chi connectivity index (χ0v) is 14.7. The number of hydrogen-bond donors (Lipinski definition) is 2. The van der Waals surface area contributed by atoms with E-state index in [1.54, 1.807) is 25.1 Å². The van der Waals surface area contributed by atoms with Gasteiger partial charge in [0, 0.05) is 11.8 Å². The molecule has 0 aliphatic carbocycles. The third kappa shape index (κ3) is 5.91. The molecule has 5 nitrogen and oxygen atoms in total. The van der Waals surface area contributed by atoms with Crippen LogP contribution >= 0.6 is 0 Å². The number of amides is 2. The zero-order chi connectivity index (χ0) is 19.1. The molecule has 1 aromatic heterocycles. The number of rotatable bonds is 7. The number of nitrogens with zero attached hydrogens (tertiary/aromatic N) is 1. The molecule has 0 aliphatic heterocycles. The Bertz CT molecular complexity index is 776. The molecule has 138 valence electrons. The Morgan fingerprint density at radius 1 is 1.15 bits per heavy atom. The first-order chi connectivity index (χ1) is 12.4. The van der Waals surface area contributed by atoms with Gasteiger partial charge in [0.15, 0.2) is 0 Å². The number of nitrogens with one attached hydrogen (secondary N) is 2. The predicted molar refractivity (Wildman–Crippen MR) is 94.5 cm³/mol. The third-order valence-electron chi connectivity index (χ3n) is 3.66. The van der Waals surface area contributed by atoms with Crippen molar-refractivity contribution >= 4 is 17.6 Å². The lowest BCUT2D eigenvalue weighted by molar-refractivity contribution is -0.126. The van der Waals surface area contributed by atoms with Crippen LogP contribution in [-0.2, 0) is 16.0 Å². The molecular formula is C19H21F2N3O2. The SMILES string of the molecule is CCCC(NC(=O)Cc1cc(F)cc(F)c1)C(=O)Nc1cccc(C)n1. The highest BCUT2D eigenvalue weighted by Crippen LogP contribution is 2.10. The molecule has 2 N–H and O–H groups in total. The van der Waals surface area contributed by atoms with Crippen molar-refractivity contribution in [2.45, 2.75) is 39.2 Å². The van der Waals surface area contributed by atoms with Crippen molar-refractivity contribution in [3.8, 4) is 0 Å². The number of anilines is 1. The molecule has 0 saturated heterocycles. The Kier molecular flexibility index (Phi) is 6.77. The van der Waals surface area contributed by atoms with E-state index in [1.807, 2.05) is 6.92 Å². The van der Waals surface area contributed by atoms with E-state index in [0.29, 0.717) is 18.7 Å². The van der Waals surface area contributed by atoms with Crippen molar-refractivity contribution in [1.82, 2.24) is 10.3 Å². The van der Waals surface area contributed by atoms with Crippen LogP contribution in [0.3, 0.4) is 0 Å². The molecule has 2 aromatic rings. The number of carbonyl (C=O) groups excluding carboxylic acids is 2. The van der Waals surface area contributed by atoms with E-state index >= 15 is 0 Å². The second-order valence-electron chi connectivity index (χ2n) is 6.02. The average molecular weight is 361 g/mol. The summed E-state index contributed by atoms with van der Waals surface area (Å²) in [4.78, 5) is 28.8. The Hall–Kier alpha value is -2.83. The standard InChI is InChI=1S/C19H21F2N3O2/c1-3-5-16(19(26)24-17-7-4-6-12(2)22-17)23-18(25)10-13-8-14(20)11-15(21)9-13/h4,6-9,11,16H,3,5,10H2,1-2H3,(H,23,25)(H,22,24,26). The lowest BCUT2D eigenvalue weighted by Crippen LogP contribution is -2.44. The van der Waals surface area contributed by atoms with Crippen LogP contribution < -0.4 is 10.6 Å². The smallest absolute Gasteiger partial charge is 0.248 e. The summed E-state index contributed by atoms with van der Waals surface area (Å²) in [5.41, 5.74) is 0.961. The van der Waals surface area contributed by atoms with Gasteiger partial charge in [-0.25, -0.2) is 13.8 Å². The number of halogens is 2. The van der Waals surface area contributed by atoms with Crippen molar-refractivity contribution < 1.29 is 18.4 Å². The van der Waals surface area contributed by atoms with Gasteiger partial charge in [0.1, 0.15) is 23.5 Å². The molecule has 26 heavy (non-hydrogen) atoms. The van der Waals surface area contributed by atoms with E-state index in [-0.39, 0.29) is 17.9 Å². The molecule has 2 rings (SSSR count). The van der Waals surface area contributed by atoms with Crippen molar-refractivity contribution in [1.29, 1.82) is 0 Å². The zero-order valence-electron chi connectivity index (χ0n) is 14.7. The first-order valence-electron chi connectivity index (χ1n) is 8.36. The van der Waals surface area contributed by atoms with E-state index in [2.05, 4.69) is 15.6 Å². The maximum atomic E-state index is 13.2. The second-order valence-corrected chi connectivity index (χ2v) is 6.02. The number of aromatic nitrogens is 1. The average Bonchev–Trinajstić information content (AvgIpc) is 2.53. The van der Waals surface area contributed by atoms with Gasteiger partial charge in [-0.15, -0.1) is 0 Å². The maximum Gasteiger partial charge on any atom is 0.248 e. The first-order valence-corrected chi connectivity index (χ1v) is 8.36. The minimum absolute atomic E-state index is 0.205.